The molecule has 0 aromatic rings. The molecule has 7 heteroatoms. The molecule has 0 bridgehead atoms. The molecule has 1 aliphatic rings. The van der Waals surface area contributed by atoms with Gasteiger partial charge in [0.2, 0.25) is 0 Å². The zero-order valence-electron chi connectivity index (χ0n) is 17.4. The van der Waals surface area contributed by atoms with Crippen LogP contribution in [0.2, 0.25) is 0 Å². The van der Waals surface area contributed by atoms with Crippen molar-refractivity contribution in [1.82, 2.24) is 20.4 Å². The summed E-state index contributed by atoms with van der Waals surface area (Å²) in [5.41, 5.74) is 0. The first-order valence-corrected chi connectivity index (χ1v) is 10.2. The first kappa shape index (κ1) is 25.9. The number of rotatable bonds is 12. The summed E-state index contributed by atoms with van der Waals surface area (Å²) in [6, 6.07) is 0. The van der Waals surface area contributed by atoms with Gasteiger partial charge in [-0.2, -0.15) is 0 Å². The topological polar surface area (TPSA) is 52.1 Å². The Bertz CT molecular complexity index is 349. The third-order valence-corrected chi connectivity index (χ3v) is 4.72. The second-order valence-corrected chi connectivity index (χ2v) is 7.04. The average molecular weight is 483 g/mol. The fraction of sp³-hybridized carbons (Fsp3) is 0.947. The predicted octanol–water partition coefficient (Wildman–Crippen LogP) is 2.25. The monoisotopic (exact) mass is 483 g/mol. The molecule has 156 valence electrons. The van der Waals surface area contributed by atoms with Gasteiger partial charge in [0.1, 0.15) is 0 Å². The SMILES string of the molecule is CCCCOCCCNC(=NC)NCC(C)CN1CCN(CC)CC1.I. The Kier molecular flexibility index (Phi) is 16.9. The molecule has 0 saturated carbocycles. The number of ether oxygens (including phenoxy) is 1. The quantitative estimate of drug-likeness (QED) is 0.193. The molecule has 1 heterocycles. The lowest BCUT2D eigenvalue weighted by atomic mass is 10.1. The highest BCUT2D eigenvalue weighted by Crippen LogP contribution is 2.05. The number of unbranched alkanes of at least 4 members (excludes halogenated alkanes) is 1. The third kappa shape index (κ3) is 12.3. The standard InChI is InChI=1S/C19H41N5O.HI/c1-5-7-14-25-15-8-9-21-19(20-4)22-16-18(3)17-24-12-10-23(6-2)11-13-24;/h18H,5-17H2,1-4H3,(H2,20,21,22);1H. The van der Waals surface area contributed by atoms with E-state index in [9.17, 15) is 0 Å². The molecular formula is C19H42IN5O. The molecular weight excluding hydrogens is 441 g/mol. The lowest BCUT2D eigenvalue weighted by Crippen LogP contribution is -2.48. The van der Waals surface area contributed by atoms with Gasteiger partial charge in [0, 0.05) is 66.1 Å². The number of nitrogens with one attached hydrogen (secondary N) is 2. The molecule has 0 aromatic carbocycles. The lowest BCUT2D eigenvalue weighted by molar-refractivity contribution is 0.124. The minimum Gasteiger partial charge on any atom is -0.381 e. The molecule has 0 aromatic heterocycles. The molecule has 1 unspecified atom stereocenters. The van der Waals surface area contributed by atoms with Gasteiger partial charge >= 0.3 is 0 Å². The van der Waals surface area contributed by atoms with E-state index in [1.165, 1.54) is 39.1 Å². The van der Waals surface area contributed by atoms with Crippen LogP contribution < -0.4 is 10.6 Å². The molecule has 1 atom stereocenters. The van der Waals surface area contributed by atoms with Gasteiger partial charge in [-0.1, -0.05) is 27.2 Å². The van der Waals surface area contributed by atoms with E-state index in [-0.39, 0.29) is 24.0 Å². The van der Waals surface area contributed by atoms with Gasteiger partial charge in [-0.05, 0) is 25.3 Å². The Hall–Kier alpha value is -0.120. The predicted molar refractivity (Wildman–Crippen MR) is 123 cm³/mol. The van der Waals surface area contributed by atoms with E-state index < -0.39 is 0 Å². The first-order valence-electron chi connectivity index (χ1n) is 10.2. The Balaban J connectivity index is 0.00000625. The number of piperazine rings is 1. The van der Waals surface area contributed by atoms with Gasteiger partial charge in [0.15, 0.2) is 5.96 Å². The van der Waals surface area contributed by atoms with Gasteiger partial charge in [-0.3, -0.25) is 4.99 Å². The van der Waals surface area contributed by atoms with Crippen molar-refractivity contribution in [2.45, 2.75) is 40.0 Å². The number of aliphatic imine (C=N–C) groups is 1. The Morgan fingerprint density at radius 1 is 1.04 bits per heavy atom. The molecule has 1 rings (SSSR count). The largest absolute Gasteiger partial charge is 0.381 e. The molecule has 0 amide bonds. The first-order chi connectivity index (χ1) is 12.2. The number of halogens is 1. The summed E-state index contributed by atoms with van der Waals surface area (Å²) in [7, 11) is 1.84. The van der Waals surface area contributed by atoms with Crippen LogP contribution in [0.15, 0.2) is 4.99 Å². The molecule has 1 saturated heterocycles. The average Bonchev–Trinajstić information content (AvgIpc) is 2.64. The van der Waals surface area contributed by atoms with Crippen molar-refractivity contribution in [3.63, 3.8) is 0 Å². The van der Waals surface area contributed by atoms with Crippen LogP contribution in [0.3, 0.4) is 0 Å². The number of nitrogens with zero attached hydrogens (tertiary/aromatic N) is 3. The van der Waals surface area contributed by atoms with E-state index >= 15 is 0 Å². The van der Waals surface area contributed by atoms with Gasteiger partial charge in [-0.25, -0.2) is 0 Å². The molecule has 2 N–H and O–H groups in total. The minimum absolute atomic E-state index is 0. The zero-order chi connectivity index (χ0) is 18.3. The van der Waals surface area contributed by atoms with Crippen molar-refractivity contribution in [2.24, 2.45) is 10.9 Å². The minimum atomic E-state index is 0. The molecule has 1 aliphatic heterocycles. The Morgan fingerprint density at radius 3 is 2.31 bits per heavy atom. The van der Waals surface area contributed by atoms with Crippen LogP contribution in [0.1, 0.15) is 40.0 Å². The summed E-state index contributed by atoms with van der Waals surface area (Å²) >= 11 is 0. The number of guanidine groups is 1. The van der Waals surface area contributed by atoms with Crippen LogP contribution in [-0.2, 0) is 4.74 Å². The number of likely N-dealkylation sites (N-methyl/N-ethyl adjacent to an activating group) is 1. The Labute approximate surface area is 178 Å². The summed E-state index contributed by atoms with van der Waals surface area (Å²) in [5.74, 6) is 1.51. The molecule has 0 aliphatic carbocycles. The number of hydrogen-bond acceptors (Lipinski definition) is 4. The van der Waals surface area contributed by atoms with Crippen molar-refractivity contribution in [2.75, 3.05) is 72.6 Å². The summed E-state index contributed by atoms with van der Waals surface area (Å²) in [6.45, 7) is 17.5. The summed E-state index contributed by atoms with van der Waals surface area (Å²) in [6.07, 6.45) is 3.37. The van der Waals surface area contributed by atoms with Gasteiger partial charge in [0.05, 0.1) is 0 Å². The van der Waals surface area contributed by atoms with Gasteiger partial charge < -0.3 is 25.2 Å². The van der Waals surface area contributed by atoms with Crippen LogP contribution in [-0.4, -0.2) is 88.4 Å². The van der Waals surface area contributed by atoms with E-state index in [1.54, 1.807) is 0 Å². The smallest absolute Gasteiger partial charge is 0.190 e. The lowest BCUT2D eigenvalue weighted by Gasteiger charge is -2.35. The molecule has 6 nitrogen and oxygen atoms in total. The summed E-state index contributed by atoms with van der Waals surface area (Å²) in [5, 5.41) is 6.82. The Morgan fingerprint density at radius 2 is 1.69 bits per heavy atom. The van der Waals surface area contributed by atoms with Crippen LogP contribution >= 0.6 is 24.0 Å². The highest BCUT2D eigenvalue weighted by Gasteiger charge is 2.17. The fourth-order valence-electron chi connectivity index (χ4n) is 3.01. The molecule has 0 spiro atoms. The van der Waals surface area contributed by atoms with E-state index in [0.717, 1.165) is 51.6 Å². The molecule has 26 heavy (non-hydrogen) atoms. The second kappa shape index (κ2) is 17.0. The highest BCUT2D eigenvalue weighted by atomic mass is 127. The van der Waals surface area contributed by atoms with Gasteiger partial charge in [0.25, 0.3) is 0 Å². The summed E-state index contributed by atoms with van der Waals surface area (Å²) in [4.78, 5) is 9.42. The van der Waals surface area contributed by atoms with Crippen molar-refractivity contribution >= 4 is 29.9 Å². The second-order valence-electron chi connectivity index (χ2n) is 7.04. The van der Waals surface area contributed by atoms with Crippen molar-refractivity contribution in [1.29, 1.82) is 0 Å². The summed E-state index contributed by atoms with van der Waals surface area (Å²) < 4.78 is 5.58. The van der Waals surface area contributed by atoms with Gasteiger partial charge in [-0.15, -0.1) is 24.0 Å². The zero-order valence-corrected chi connectivity index (χ0v) is 19.8. The van der Waals surface area contributed by atoms with Crippen molar-refractivity contribution in [3.8, 4) is 0 Å². The van der Waals surface area contributed by atoms with E-state index in [2.05, 4.69) is 46.2 Å². The van der Waals surface area contributed by atoms with E-state index in [1.807, 2.05) is 7.05 Å². The molecule has 1 fully saturated rings. The van der Waals surface area contributed by atoms with E-state index in [0.29, 0.717) is 5.92 Å². The third-order valence-electron chi connectivity index (χ3n) is 4.72. The van der Waals surface area contributed by atoms with Crippen LogP contribution in [0.4, 0.5) is 0 Å². The van der Waals surface area contributed by atoms with E-state index in [4.69, 9.17) is 4.74 Å². The maximum Gasteiger partial charge on any atom is 0.190 e. The van der Waals surface area contributed by atoms with Crippen molar-refractivity contribution in [3.05, 3.63) is 0 Å². The maximum atomic E-state index is 5.58. The normalized spacial score (nSPS) is 17.6. The molecule has 0 radical (unpaired) electrons. The number of hydrogen-bond donors (Lipinski definition) is 2. The van der Waals surface area contributed by atoms with Crippen LogP contribution in [0, 0.1) is 5.92 Å². The maximum absolute atomic E-state index is 5.58. The fourth-order valence-corrected chi connectivity index (χ4v) is 3.01. The highest BCUT2D eigenvalue weighted by molar-refractivity contribution is 14.0. The van der Waals surface area contributed by atoms with Crippen LogP contribution in [0.25, 0.3) is 0 Å². The van der Waals surface area contributed by atoms with Crippen molar-refractivity contribution < 1.29 is 4.74 Å². The van der Waals surface area contributed by atoms with Crippen LogP contribution in [0.5, 0.6) is 0 Å².